The largest absolute Gasteiger partial charge is 0.490 e. The molecule has 5 rings (SSSR count). The van der Waals surface area contributed by atoms with Gasteiger partial charge in [-0.1, -0.05) is 18.2 Å². The van der Waals surface area contributed by atoms with Gasteiger partial charge in [-0.05, 0) is 43.5 Å². The maximum absolute atomic E-state index is 13.4. The van der Waals surface area contributed by atoms with Crippen LogP contribution >= 0.6 is 0 Å². The van der Waals surface area contributed by atoms with Gasteiger partial charge in [0.2, 0.25) is 0 Å². The zero-order valence-electron chi connectivity index (χ0n) is 17.9. The molecule has 1 fully saturated rings. The number of piperidine rings is 1. The number of carboxylic acids is 1. The standard InChI is InChI=1S/C20H21N5O2.C2HF3O2/c26-18-7-10-22-19-15(11-23-25(18)19)20(27)24-12-16(13-5-8-21-9-6-13)14-3-1-2-4-17(14)24;3-2(4,5)1(6)7/h1-4,7,10-11,13,16,21,23H,5-6,8-9,12H2;(H,6,7). The van der Waals surface area contributed by atoms with Crippen LogP contribution in [0.15, 0.2) is 47.5 Å². The molecule has 0 aliphatic carbocycles. The predicted octanol–water partition coefficient (Wildman–Crippen LogP) is 2.40. The molecular weight excluding hydrogens is 455 g/mol. The maximum Gasteiger partial charge on any atom is 0.490 e. The fraction of sp³-hybridized carbons (Fsp3) is 0.364. The van der Waals surface area contributed by atoms with Crippen molar-refractivity contribution < 1.29 is 27.9 Å². The summed E-state index contributed by atoms with van der Waals surface area (Å²) in [5.74, 6) is -1.94. The second-order valence-corrected chi connectivity index (χ2v) is 8.10. The van der Waals surface area contributed by atoms with Gasteiger partial charge in [0, 0.05) is 36.6 Å². The fourth-order valence-corrected chi connectivity index (χ4v) is 4.50. The van der Waals surface area contributed by atoms with E-state index >= 15 is 0 Å². The molecule has 2 aliphatic rings. The summed E-state index contributed by atoms with van der Waals surface area (Å²) in [7, 11) is 0. The van der Waals surface area contributed by atoms with Crippen LogP contribution in [0.1, 0.15) is 34.7 Å². The molecule has 12 heteroatoms. The van der Waals surface area contributed by atoms with Gasteiger partial charge in [-0.2, -0.15) is 13.2 Å². The van der Waals surface area contributed by atoms with Gasteiger partial charge in [-0.25, -0.2) is 14.3 Å². The number of hydrogen-bond donors (Lipinski definition) is 3. The predicted molar refractivity (Wildman–Crippen MR) is 116 cm³/mol. The number of alkyl halides is 3. The number of halogens is 3. The van der Waals surface area contributed by atoms with E-state index in [-0.39, 0.29) is 11.5 Å². The fourth-order valence-electron chi connectivity index (χ4n) is 4.50. The first kappa shape index (κ1) is 23.5. The van der Waals surface area contributed by atoms with Crippen LogP contribution in [0.25, 0.3) is 5.65 Å². The van der Waals surface area contributed by atoms with Crippen molar-refractivity contribution in [3.63, 3.8) is 0 Å². The third-order valence-electron chi connectivity index (χ3n) is 6.10. The molecule has 180 valence electrons. The molecule has 1 aromatic carbocycles. The molecule has 2 aromatic heterocycles. The Balaban J connectivity index is 0.000000344. The number of carbonyl (C=O) groups excluding carboxylic acids is 1. The average molecular weight is 477 g/mol. The number of anilines is 1. The van der Waals surface area contributed by atoms with E-state index < -0.39 is 12.1 Å². The van der Waals surface area contributed by atoms with E-state index in [2.05, 4.69) is 21.5 Å². The van der Waals surface area contributed by atoms with Gasteiger partial charge in [-0.15, -0.1) is 0 Å². The molecule has 9 nitrogen and oxygen atoms in total. The van der Waals surface area contributed by atoms with Crippen LogP contribution in [-0.4, -0.2) is 57.4 Å². The molecule has 0 bridgehead atoms. The van der Waals surface area contributed by atoms with E-state index in [1.54, 1.807) is 6.20 Å². The monoisotopic (exact) mass is 477 g/mol. The van der Waals surface area contributed by atoms with Gasteiger partial charge in [0.15, 0.2) is 5.65 Å². The van der Waals surface area contributed by atoms with Crippen molar-refractivity contribution in [2.24, 2.45) is 5.92 Å². The maximum atomic E-state index is 13.4. The number of H-pyrrole nitrogens is 1. The highest BCUT2D eigenvalue weighted by Gasteiger charge is 2.39. The van der Waals surface area contributed by atoms with Gasteiger partial charge in [0.05, 0.1) is 0 Å². The number of nitrogens with zero attached hydrogens (tertiary/aromatic N) is 3. The Morgan fingerprint density at radius 1 is 1.12 bits per heavy atom. The Labute approximate surface area is 191 Å². The Morgan fingerprint density at radius 3 is 2.47 bits per heavy atom. The smallest absolute Gasteiger partial charge is 0.475 e. The Hall–Kier alpha value is -3.67. The van der Waals surface area contributed by atoms with Gasteiger partial charge >= 0.3 is 12.1 Å². The van der Waals surface area contributed by atoms with Crippen molar-refractivity contribution in [3.05, 3.63) is 64.2 Å². The molecule has 0 radical (unpaired) electrons. The number of aromatic nitrogens is 3. The second-order valence-electron chi connectivity index (χ2n) is 8.10. The van der Waals surface area contributed by atoms with Crippen LogP contribution in [0.4, 0.5) is 18.9 Å². The highest BCUT2D eigenvalue weighted by atomic mass is 19.4. The van der Waals surface area contributed by atoms with Crippen LogP contribution in [0.3, 0.4) is 0 Å². The van der Waals surface area contributed by atoms with Gasteiger partial charge in [0.1, 0.15) is 5.56 Å². The minimum absolute atomic E-state index is 0.115. The number of aliphatic carboxylic acids is 1. The van der Waals surface area contributed by atoms with Crippen LogP contribution in [0.2, 0.25) is 0 Å². The SMILES string of the molecule is O=C(O)C(F)(F)F.O=C(c1c[nH]n2c(=O)ccnc12)N1CC(C2CCNCC2)c2ccccc21. The first-order valence-electron chi connectivity index (χ1n) is 10.6. The quantitative estimate of drug-likeness (QED) is 0.522. The van der Waals surface area contributed by atoms with E-state index in [9.17, 15) is 22.8 Å². The Morgan fingerprint density at radius 2 is 1.79 bits per heavy atom. The summed E-state index contributed by atoms with van der Waals surface area (Å²) < 4.78 is 33.0. The average Bonchev–Trinajstić information content (AvgIpc) is 3.42. The van der Waals surface area contributed by atoms with Gasteiger partial charge in [0.25, 0.3) is 11.5 Å². The molecule has 3 N–H and O–H groups in total. The van der Waals surface area contributed by atoms with E-state index in [0.717, 1.165) is 31.6 Å². The van der Waals surface area contributed by atoms with E-state index in [4.69, 9.17) is 9.90 Å². The molecule has 1 saturated heterocycles. The Kier molecular flexibility index (Phi) is 6.42. The lowest BCUT2D eigenvalue weighted by atomic mass is 9.82. The molecule has 0 saturated carbocycles. The number of nitrogens with one attached hydrogen (secondary N) is 2. The van der Waals surface area contributed by atoms with Crippen molar-refractivity contribution >= 4 is 23.2 Å². The number of amides is 1. The number of para-hydroxylation sites is 1. The minimum Gasteiger partial charge on any atom is -0.475 e. The lowest BCUT2D eigenvalue weighted by molar-refractivity contribution is -0.192. The number of aromatic amines is 1. The molecule has 3 aromatic rings. The third-order valence-corrected chi connectivity index (χ3v) is 6.10. The van der Waals surface area contributed by atoms with Crippen LogP contribution < -0.4 is 15.8 Å². The van der Waals surface area contributed by atoms with E-state index in [1.807, 2.05) is 23.1 Å². The molecule has 1 amide bonds. The summed E-state index contributed by atoms with van der Waals surface area (Å²) in [4.78, 5) is 40.3. The van der Waals surface area contributed by atoms with E-state index in [0.29, 0.717) is 29.6 Å². The van der Waals surface area contributed by atoms with Crippen LogP contribution in [0.5, 0.6) is 0 Å². The van der Waals surface area contributed by atoms with Gasteiger partial charge in [-0.3, -0.25) is 14.7 Å². The molecule has 1 unspecified atom stereocenters. The molecular formula is C22H22F3N5O4. The molecule has 0 spiro atoms. The van der Waals surface area contributed by atoms with Crippen molar-refractivity contribution in [3.8, 4) is 0 Å². The molecule has 4 heterocycles. The van der Waals surface area contributed by atoms with Gasteiger partial charge < -0.3 is 15.3 Å². The van der Waals surface area contributed by atoms with Crippen LogP contribution in [0, 0.1) is 5.92 Å². The highest BCUT2D eigenvalue weighted by molar-refractivity contribution is 6.10. The first-order valence-corrected chi connectivity index (χ1v) is 10.6. The molecule has 2 aliphatic heterocycles. The van der Waals surface area contributed by atoms with Crippen molar-refractivity contribution in [1.82, 2.24) is 19.9 Å². The number of fused-ring (bicyclic) bond motifs is 2. The highest BCUT2D eigenvalue weighted by Crippen LogP contribution is 2.43. The normalized spacial score (nSPS) is 18.3. The lowest BCUT2D eigenvalue weighted by Crippen LogP contribution is -2.35. The van der Waals surface area contributed by atoms with E-state index in [1.165, 1.54) is 22.3 Å². The second kappa shape index (κ2) is 9.29. The number of carboxylic acid groups (broad SMARTS) is 1. The summed E-state index contributed by atoms with van der Waals surface area (Å²) in [6.45, 7) is 2.75. The molecule has 1 atom stereocenters. The summed E-state index contributed by atoms with van der Waals surface area (Å²) in [6, 6.07) is 9.56. The van der Waals surface area contributed by atoms with Crippen molar-refractivity contribution in [2.75, 3.05) is 24.5 Å². The summed E-state index contributed by atoms with van der Waals surface area (Å²) in [5, 5.41) is 13.4. The third kappa shape index (κ3) is 4.53. The van der Waals surface area contributed by atoms with Crippen LogP contribution in [-0.2, 0) is 4.79 Å². The Bertz CT molecular complexity index is 1260. The number of hydrogen-bond acceptors (Lipinski definition) is 5. The first-order chi connectivity index (χ1) is 16.2. The zero-order valence-corrected chi connectivity index (χ0v) is 17.9. The zero-order chi connectivity index (χ0) is 24.5. The summed E-state index contributed by atoms with van der Waals surface area (Å²) >= 11 is 0. The summed E-state index contributed by atoms with van der Waals surface area (Å²) in [6.07, 6.45) is 0.195. The minimum atomic E-state index is -5.08. The molecule has 34 heavy (non-hydrogen) atoms. The number of benzene rings is 1. The summed E-state index contributed by atoms with van der Waals surface area (Å²) in [5.41, 5.74) is 2.79. The lowest BCUT2D eigenvalue weighted by Gasteiger charge is -2.28. The number of rotatable bonds is 2. The van der Waals surface area contributed by atoms with Crippen molar-refractivity contribution in [2.45, 2.75) is 24.9 Å². The number of carbonyl (C=O) groups is 2. The van der Waals surface area contributed by atoms with Crippen molar-refractivity contribution in [1.29, 1.82) is 0 Å². The topological polar surface area (TPSA) is 120 Å².